The Bertz CT molecular complexity index is 817. The number of amides is 1. The fourth-order valence-electron chi connectivity index (χ4n) is 2.69. The Labute approximate surface area is 135 Å². The predicted molar refractivity (Wildman–Crippen MR) is 89.0 cm³/mol. The first kappa shape index (κ1) is 15.3. The Morgan fingerprint density at radius 1 is 1.30 bits per heavy atom. The van der Waals surface area contributed by atoms with Gasteiger partial charge in [-0.25, -0.2) is 9.97 Å². The molecule has 0 atom stereocenters. The number of rotatable bonds is 6. The summed E-state index contributed by atoms with van der Waals surface area (Å²) in [5, 5.41) is 2.95. The number of carbonyl (C=O) groups is 1. The van der Waals surface area contributed by atoms with Crippen molar-refractivity contribution in [1.82, 2.24) is 24.4 Å². The number of imidazole rings is 2. The molecule has 0 aliphatic rings. The molecule has 0 fully saturated rings. The zero-order valence-corrected chi connectivity index (χ0v) is 13.5. The molecular formula is C17H21N5O. The minimum Gasteiger partial charge on any atom is -0.354 e. The molecule has 23 heavy (non-hydrogen) atoms. The second-order valence-corrected chi connectivity index (χ2v) is 5.59. The number of benzene rings is 1. The SMILES string of the molecule is Cc1nccn1CCNC(=O)CCc1nc2ccccc2n1C. The summed E-state index contributed by atoms with van der Waals surface area (Å²) in [7, 11) is 1.99. The smallest absolute Gasteiger partial charge is 0.220 e. The molecule has 0 saturated carbocycles. The van der Waals surface area contributed by atoms with Crippen LogP contribution in [0.2, 0.25) is 0 Å². The number of hydrogen-bond acceptors (Lipinski definition) is 3. The molecule has 6 nitrogen and oxygen atoms in total. The summed E-state index contributed by atoms with van der Waals surface area (Å²) >= 11 is 0. The highest BCUT2D eigenvalue weighted by Crippen LogP contribution is 2.15. The highest BCUT2D eigenvalue weighted by atomic mass is 16.1. The highest BCUT2D eigenvalue weighted by Gasteiger charge is 2.09. The van der Waals surface area contributed by atoms with E-state index >= 15 is 0 Å². The van der Waals surface area contributed by atoms with E-state index in [-0.39, 0.29) is 5.91 Å². The number of aryl methyl sites for hydroxylation is 3. The maximum Gasteiger partial charge on any atom is 0.220 e. The third-order valence-electron chi connectivity index (χ3n) is 4.05. The quantitative estimate of drug-likeness (QED) is 0.755. The van der Waals surface area contributed by atoms with Crippen LogP contribution in [-0.2, 0) is 24.8 Å². The van der Waals surface area contributed by atoms with E-state index in [9.17, 15) is 4.79 Å². The second-order valence-electron chi connectivity index (χ2n) is 5.59. The third kappa shape index (κ3) is 3.41. The number of nitrogens with zero attached hydrogens (tertiary/aromatic N) is 4. The summed E-state index contributed by atoms with van der Waals surface area (Å²) in [5.74, 6) is 1.94. The summed E-state index contributed by atoms with van der Waals surface area (Å²) in [6.45, 7) is 3.30. The number of nitrogens with one attached hydrogen (secondary N) is 1. The van der Waals surface area contributed by atoms with Gasteiger partial charge < -0.3 is 14.5 Å². The summed E-state index contributed by atoms with van der Waals surface area (Å²) in [5.41, 5.74) is 2.07. The normalized spacial score (nSPS) is 11.0. The van der Waals surface area contributed by atoms with E-state index in [1.54, 1.807) is 6.20 Å². The number of hydrogen-bond donors (Lipinski definition) is 1. The molecule has 6 heteroatoms. The van der Waals surface area contributed by atoms with E-state index in [1.807, 2.05) is 49.0 Å². The number of fused-ring (bicyclic) bond motifs is 1. The Morgan fingerprint density at radius 3 is 2.87 bits per heavy atom. The standard InChI is InChI=1S/C17H21N5O/c1-13-18-9-11-22(13)12-10-19-17(23)8-7-16-20-14-5-3-4-6-15(14)21(16)2/h3-6,9,11H,7-8,10,12H2,1-2H3,(H,19,23). The van der Waals surface area contributed by atoms with E-state index in [4.69, 9.17) is 0 Å². The molecular weight excluding hydrogens is 290 g/mol. The molecule has 0 radical (unpaired) electrons. The van der Waals surface area contributed by atoms with Crippen LogP contribution in [0.25, 0.3) is 11.0 Å². The molecule has 0 unspecified atom stereocenters. The second kappa shape index (κ2) is 6.64. The van der Waals surface area contributed by atoms with E-state index < -0.39 is 0 Å². The van der Waals surface area contributed by atoms with Crippen molar-refractivity contribution in [3.8, 4) is 0 Å². The van der Waals surface area contributed by atoms with E-state index in [0.717, 1.165) is 29.2 Å². The maximum absolute atomic E-state index is 12.0. The van der Waals surface area contributed by atoms with Crippen LogP contribution in [0.1, 0.15) is 18.1 Å². The van der Waals surface area contributed by atoms with Crippen LogP contribution >= 0.6 is 0 Å². The first-order chi connectivity index (χ1) is 11.1. The van der Waals surface area contributed by atoms with Crippen LogP contribution < -0.4 is 5.32 Å². The summed E-state index contributed by atoms with van der Waals surface area (Å²) in [6, 6.07) is 8.01. The van der Waals surface area contributed by atoms with Crippen molar-refractivity contribution in [2.45, 2.75) is 26.3 Å². The van der Waals surface area contributed by atoms with Gasteiger partial charge in [-0.2, -0.15) is 0 Å². The van der Waals surface area contributed by atoms with Crippen LogP contribution in [0.5, 0.6) is 0 Å². The van der Waals surface area contributed by atoms with Crippen LogP contribution in [0.4, 0.5) is 0 Å². The molecule has 2 heterocycles. The highest BCUT2D eigenvalue weighted by molar-refractivity contribution is 5.77. The minimum absolute atomic E-state index is 0.0508. The molecule has 0 saturated heterocycles. The largest absolute Gasteiger partial charge is 0.354 e. The van der Waals surface area contributed by atoms with Crippen molar-refractivity contribution in [3.05, 3.63) is 48.3 Å². The van der Waals surface area contributed by atoms with Gasteiger partial charge in [0, 0.05) is 45.4 Å². The van der Waals surface area contributed by atoms with Crippen LogP contribution in [-0.4, -0.2) is 31.6 Å². The molecule has 0 aliphatic heterocycles. The van der Waals surface area contributed by atoms with Gasteiger partial charge in [-0.3, -0.25) is 4.79 Å². The molecule has 2 aromatic heterocycles. The van der Waals surface area contributed by atoms with Gasteiger partial charge in [0.1, 0.15) is 11.6 Å². The van der Waals surface area contributed by atoms with Crippen molar-refractivity contribution >= 4 is 16.9 Å². The zero-order valence-electron chi connectivity index (χ0n) is 13.5. The molecule has 1 aromatic carbocycles. The fraction of sp³-hybridized carbons (Fsp3) is 0.353. The van der Waals surface area contributed by atoms with Crippen molar-refractivity contribution in [2.24, 2.45) is 7.05 Å². The summed E-state index contributed by atoms with van der Waals surface area (Å²) in [6.07, 6.45) is 4.77. The first-order valence-corrected chi connectivity index (χ1v) is 7.80. The van der Waals surface area contributed by atoms with Crippen molar-refractivity contribution in [1.29, 1.82) is 0 Å². The Hall–Kier alpha value is -2.63. The van der Waals surface area contributed by atoms with E-state index in [1.165, 1.54) is 0 Å². The molecule has 1 N–H and O–H groups in total. The Balaban J connectivity index is 1.50. The molecule has 3 rings (SSSR count). The predicted octanol–water partition coefficient (Wildman–Crippen LogP) is 1.83. The lowest BCUT2D eigenvalue weighted by Crippen LogP contribution is -2.27. The molecule has 0 aliphatic carbocycles. The third-order valence-corrected chi connectivity index (χ3v) is 4.05. The van der Waals surface area contributed by atoms with Crippen molar-refractivity contribution < 1.29 is 4.79 Å². The van der Waals surface area contributed by atoms with Gasteiger partial charge in [-0.1, -0.05) is 12.1 Å². The maximum atomic E-state index is 12.0. The lowest BCUT2D eigenvalue weighted by atomic mass is 10.3. The van der Waals surface area contributed by atoms with E-state index in [2.05, 4.69) is 19.9 Å². The van der Waals surface area contributed by atoms with Gasteiger partial charge in [0.25, 0.3) is 0 Å². The lowest BCUT2D eigenvalue weighted by molar-refractivity contribution is -0.121. The lowest BCUT2D eigenvalue weighted by Gasteiger charge is -2.07. The Kier molecular flexibility index (Phi) is 4.41. The summed E-state index contributed by atoms with van der Waals surface area (Å²) in [4.78, 5) is 20.7. The molecule has 120 valence electrons. The Morgan fingerprint density at radius 2 is 2.13 bits per heavy atom. The zero-order chi connectivity index (χ0) is 16.2. The van der Waals surface area contributed by atoms with Gasteiger partial charge in [-0.15, -0.1) is 0 Å². The van der Waals surface area contributed by atoms with Crippen LogP contribution in [0.3, 0.4) is 0 Å². The van der Waals surface area contributed by atoms with Crippen molar-refractivity contribution in [2.75, 3.05) is 6.54 Å². The molecule has 0 bridgehead atoms. The van der Waals surface area contributed by atoms with Gasteiger partial charge in [0.15, 0.2) is 0 Å². The van der Waals surface area contributed by atoms with Gasteiger partial charge in [0.2, 0.25) is 5.91 Å². The van der Waals surface area contributed by atoms with Crippen LogP contribution in [0, 0.1) is 6.92 Å². The number of para-hydroxylation sites is 2. The van der Waals surface area contributed by atoms with E-state index in [0.29, 0.717) is 19.4 Å². The average molecular weight is 311 g/mol. The number of carbonyl (C=O) groups excluding carboxylic acids is 1. The van der Waals surface area contributed by atoms with Crippen LogP contribution in [0.15, 0.2) is 36.7 Å². The molecule has 3 aromatic rings. The number of aromatic nitrogens is 4. The fourth-order valence-corrected chi connectivity index (χ4v) is 2.69. The average Bonchev–Trinajstić information content (AvgIpc) is 3.10. The summed E-state index contributed by atoms with van der Waals surface area (Å²) < 4.78 is 4.07. The van der Waals surface area contributed by atoms with Crippen molar-refractivity contribution in [3.63, 3.8) is 0 Å². The molecule has 1 amide bonds. The van der Waals surface area contributed by atoms with Gasteiger partial charge in [-0.05, 0) is 19.1 Å². The topological polar surface area (TPSA) is 64.7 Å². The molecule has 0 spiro atoms. The minimum atomic E-state index is 0.0508. The van der Waals surface area contributed by atoms with Gasteiger partial charge in [0.05, 0.1) is 11.0 Å². The van der Waals surface area contributed by atoms with Gasteiger partial charge >= 0.3 is 0 Å². The first-order valence-electron chi connectivity index (χ1n) is 7.80. The monoisotopic (exact) mass is 311 g/mol.